The molecule has 5 rings (SSSR count). The fraction of sp³-hybridized carbons (Fsp3) is 0.370. The predicted molar refractivity (Wildman–Crippen MR) is 132 cm³/mol. The number of hydrazone groups is 1. The van der Waals surface area contributed by atoms with Crippen LogP contribution in [0.25, 0.3) is 10.9 Å². The summed E-state index contributed by atoms with van der Waals surface area (Å²) in [6.07, 6.45) is 5.11. The summed E-state index contributed by atoms with van der Waals surface area (Å²) < 4.78 is 5.39. The Morgan fingerprint density at radius 2 is 1.79 bits per heavy atom. The van der Waals surface area contributed by atoms with Crippen LogP contribution in [-0.4, -0.2) is 59.2 Å². The van der Waals surface area contributed by atoms with Crippen molar-refractivity contribution in [2.24, 2.45) is 5.10 Å². The average Bonchev–Trinajstić information content (AvgIpc) is 3.55. The standard InChI is InChI=1S/C27H30N4O3/c1-34-21-7-8-25-22(17-21)23(18-28-25)19-11-14-30(15-12-19)26(32)9-10-27(33)31-16-13-24(29-31)20-5-3-2-4-6-20/h2-8,17-19,28H,9-16H2,1H3. The van der Waals surface area contributed by atoms with E-state index < -0.39 is 0 Å². The molecule has 0 bridgehead atoms. The molecule has 1 aromatic heterocycles. The second-order valence-electron chi connectivity index (χ2n) is 8.99. The van der Waals surface area contributed by atoms with E-state index in [0.717, 1.165) is 41.8 Å². The van der Waals surface area contributed by atoms with Gasteiger partial charge in [-0.2, -0.15) is 5.10 Å². The SMILES string of the molecule is COc1ccc2[nH]cc(C3CCN(C(=O)CCC(=O)N4CCC(c5ccccc5)=N4)CC3)c2c1. The first-order valence-electron chi connectivity index (χ1n) is 12.0. The van der Waals surface area contributed by atoms with Gasteiger partial charge in [0.05, 0.1) is 19.4 Å². The number of benzene rings is 2. The average molecular weight is 459 g/mol. The molecule has 0 radical (unpaired) electrons. The van der Waals surface area contributed by atoms with Gasteiger partial charge in [0.2, 0.25) is 11.8 Å². The molecule has 2 aliphatic rings. The molecule has 2 aromatic carbocycles. The minimum absolute atomic E-state index is 0.0545. The quantitative estimate of drug-likeness (QED) is 0.598. The first kappa shape index (κ1) is 22.2. The van der Waals surface area contributed by atoms with Gasteiger partial charge < -0.3 is 14.6 Å². The molecule has 0 aliphatic carbocycles. The highest BCUT2D eigenvalue weighted by atomic mass is 16.5. The van der Waals surface area contributed by atoms with E-state index in [-0.39, 0.29) is 24.7 Å². The fourth-order valence-electron chi connectivity index (χ4n) is 5.00. The van der Waals surface area contributed by atoms with E-state index in [9.17, 15) is 9.59 Å². The molecule has 3 aromatic rings. The van der Waals surface area contributed by atoms with Crippen LogP contribution in [0.2, 0.25) is 0 Å². The molecule has 176 valence electrons. The number of amides is 2. The lowest BCUT2D eigenvalue weighted by Gasteiger charge is -2.32. The summed E-state index contributed by atoms with van der Waals surface area (Å²) in [5.74, 6) is 1.23. The molecule has 2 aliphatic heterocycles. The molecule has 1 saturated heterocycles. The first-order valence-corrected chi connectivity index (χ1v) is 12.0. The number of piperidine rings is 1. The lowest BCUT2D eigenvalue weighted by molar-refractivity contribution is -0.137. The highest BCUT2D eigenvalue weighted by molar-refractivity contribution is 6.02. The van der Waals surface area contributed by atoms with Crippen molar-refractivity contribution < 1.29 is 14.3 Å². The number of nitrogens with zero attached hydrogens (tertiary/aromatic N) is 3. The second kappa shape index (κ2) is 9.71. The van der Waals surface area contributed by atoms with Crippen molar-refractivity contribution in [3.8, 4) is 5.75 Å². The molecule has 0 unspecified atom stereocenters. The summed E-state index contributed by atoms with van der Waals surface area (Å²) in [5, 5.41) is 7.20. The normalized spacial score (nSPS) is 16.7. The van der Waals surface area contributed by atoms with E-state index in [1.54, 1.807) is 7.11 Å². The summed E-state index contributed by atoms with van der Waals surface area (Å²) in [6, 6.07) is 16.0. The number of methoxy groups -OCH3 is 1. The van der Waals surface area contributed by atoms with Crippen LogP contribution in [0.15, 0.2) is 59.8 Å². The topological polar surface area (TPSA) is 78.0 Å². The Bertz CT molecular complexity index is 1210. The maximum Gasteiger partial charge on any atom is 0.243 e. The number of rotatable bonds is 6. The predicted octanol–water partition coefficient (Wildman–Crippen LogP) is 4.30. The number of H-pyrrole nitrogens is 1. The molecule has 3 heterocycles. The van der Waals surface area contributed by atoms with E-state index >= 15 is 0 Å². The maximum absolute atomic E-state index is 12.8. The van der Waals surface area contributed by atoms with Crippen LogP contribution in [0.5, 0.6) is 5.75 Å². The molecule has 0 atom stereocenters. The van der Waals surface area contributed by atoms with E-state index in [2.05, 4.69) is 22.3 Å². The molecule has 1 fully saturated rings. The molecule has 2 amide bonds. The molecular weight excluding hydrogens is 428 g/mol. The first-order chi connectivity index (χ1) is 16.6. The van der Waals surface area contributed by atoms with Gasteiger partial charge in [-0.25, -0.2) is 5.01 Å². The third-order valence-electron chi connectivity index (χ3n) is 6.96. The van der Waals surface area contributed by atoms with Crippen molar-refractivity contribution in [2.75, 3.05) is 26.7 Å². The summed E-state index contributed by atoms with van der Waals surface area (Å²) >= 11 is 0. The second-order valence-corrected chi connectivity index (χ2v) is 8.99. The van der Waals surface area contributed by atoms with Crippen LogP contribution in [0, 0.1) is 0 Å². The Morgan fingerprint density at radius 3 is 2.56 bits per heavy atom. The fourth-order valence-corrected chi connectivity index (χ4v) is 5.00. The number of ether oxygens (including phenoxy) is 1. The number of aromatic nitrogens is 1. The van der Waals surface area contributed by atoms with Crippen molar-refractivity contribution >= 4 is 28.4 Å². The molecular formula is C27H30N4O3. The number of carbonyl (C=O) groups excluding carboxylic acids is 2. The molecule has 34 heavy (non-hydrogen) atoms. The minimum Gasteiger partial charge on any atom is -0.497 e. The van der Waals surface area contributed by atoms with Crippen molar-refractivity contribution in [3.05, 3.63) is 65.9 Å². The van der Waals surface area contributed by atoms with Gasteiger partial charge in [0.25, 0.3) is 0 Å². The Balaban J connectivity index is 1.13. The number of likely N-dealkylation sites (tertiary alicyclic amines) is 1. The Labute approximate surface area is 199 Å². The van der Waals surface area contributed by atoms with Gasteiger partial charge >= 0.3 is 0 Å². The van der Waals surface area contributed by atoms with Crippen LogP contribution in [0.4, 0.5) is 0 Å². The Hall–Kier alpha value is -3.61. The van der Waals surface area contributed by atoms with Crippen LogP contribution in [0.1, 0.15) is 49.1 Å². The van der Waals surface area contributed by atoms with Crippen LogP contribution in [-0.2, 0) is 9.59 Å². The van der Waals surface area contributed by atoms with Gasteiger partial charge in [-0.3, -0.25) is 9.59 Å². The summed E-state index contributed by atoms with van der Waals surface area (Å²) in [6.45, 7) is 2.01. The number of hydrogen-bond acceptors (Lipinski definition) is 4. The van der Waals surface area contributed by atoms with Gasteiger partial charge in [-0.15, -0.1) is 0 Å². The molecule has 7 heteroatoms. The van der Waals surface area contributed by atoms with Crippen LogP contribution in [0.3, 0.4) is 0 Å². The van der Waals surface area contributed by atoms with Gasteiger partial charge in [0.1, 0.15) is 5.75 Å². The molecule has 0 spiro atoms. The van der Waals surface area contributed by atoms with E-state index in [1.165, 1.54) is 16.0 Å². The van der Waals surface area contributed by atoms with Gasteiger partial charge in [0.15, 0.2) is 0 Å². The largest absolute Gasteiger partial charge is 0.497 e. The number of aromatic amines is 1. The van der Waals surface area contributed by atoms with Crippen molar-refractivity contribution in [2.45, 2.75) is 38.0 Å². The zero-order valence-electron chi connectivity index (χ0n) is 19.5. The molecule has 0 saturated carbocycles. The van der Waals surface area contributed by atoms with E-state index in [4.69, 9.17) is 4.74 Å². The van der Waals surface area contributed by atoms with Crippen molar-refractivity contribution in [1.29, 1.82) is 0 Å². The van der Waals surface area contributed by atoms with Crippen LogP contribution >= 0.6 is 0 Å². The lowest BCUT2D eigenvalue weighted by Crippen LogP contribution is -2.38. The number of carbonyl (C=O) groups is 2. The Kier molecular flexibility index (Phi) is 6.34. The number of nitrogens with one attached hydrogen (secondary N) is 1. The molecule has 7 nitrogen and oxygen atoms in total. The Morgan fingerprint density at radius 1 is 1.03 bits per heavy atom. The van der Waals surface area contributed by atoms with E-state index in [0.29, 0.717) is 25.6 Å². The highest BCUT2D eigenvalue weighted by Gasteiger charge is 2.27. The number of hydrogen-bond donors (Lipinski definition) is 1. The summed E-state index contributed by atoms with van der Waals surface area (Å²) in [7, 11) is 1.68. The monoisotopic (exact) mass is 458 g/mol. The third-order valence-corrected chi connectivity index (χ3v) is 6.96. The summed E-state index contributed by atoms with van der Waals surface area (Å²) in [4.78, 5) is 30.7. The highest BCUT2D eigenvalue weighted by Crippen LogP contribution is 2.34. The maximum atomic E-state index is 12.8. The van der Waals surface area contributed by atoms with Crippen molar-refractivity contribution in [1.82, 2.24) is 14.9 Å². The number of fused-ring (bicyclic) bond motifs is 1. The van der Waals surface area contributed by atoms with Gasteiger partial charge in [-0.05, 0) is 48.1 Å². The van der Waals surface area contributed by atoms with E-state index in [1.807, 2.05) is 47.4 Å². The summed E-state index contributed by atoms with van der Waals surface area (Å²) in [5.41, 5.74) is 4.37. The molecule has 1 N–H and O–H groups in total. The minimum atomic E-state index is -0.0816. The van der Waals surface area contributed by atoms with Crippen molar-refractivity contribution in [3.63, 3.8) is 0 Å². The van der Waals surface area contributed by atoms with Crippen LogP contribution < -0.4 is 4.74 Å². The lowest BCUT2D eigenvalue weighted by atomic mass is 9.89. The van der Waals surface area contributed by atoms with Gasteiger partial charge in [0, 0.05) is 49.5 Å². The van der Waals surface area contributed by atoms with Gasteiger partial charge in [-0.1, -0.05) is 30.3 Å². The third kappa shape index (κ3) is 4.55. The smallest absolute Gasteiger partial charge is 0.243 e. The zero-order chi connectivity index (χ0) is 23.5. The zero-order valence-corrected chi connectivity index (χ0v) is 19.5.